The number of ether oxygens (including phenoxy) is 3. The minimum absolute atomic E-state index is 0.0620. The van der Waals surface area contributed by atoms with Crippen LogP contribution in [0.5, 0.6) is 0 Å². The van der Waals surface area contributed by atoms with Gasteiger partial charge in [0.2, 0.25) is 0 Å². The minimum Gasteiger partial charge on any atom is -0.462 e. The second-order valence-electron chi connectivity index (χ2n) is 20.2. The molecular weight excluding hydrogens is 793 g/mol. The van der Waals surface area contributed by atoms with E-state index in [0.717, 1.165) is 63.7 Å². The first-order valence-electron chi connectivity index (χ1n) is 28.9. The topological polar surface area (TPSA) is 78.9 Å². The standard InChI is InChI=1S/C58H112O6/c1-5-8-10-12-14-16-18-19-27-30-34-38-42-46-50-57(60)63-53-55(52-62-56(59)49-45-41-37-33-17-15-13-11-9-6-2)64-58(61)51-47-43-39-35-31-28-25-23-21-20-22-24-26-29-32-36-40-44-48-54(4)7-3/h54-55H,5-53H2,1-4H3/t54?,55-/m0/s1. The Morgan fingerprint density at radius 3 is 0.812 bits per heavy atom. The van der Waals surface area contributed by atoms with E-state index in [9.17, 15) is 14.4 Å². The van der Waals surface area contributed by atoms with E-state index in [1.54, 1.807) is 0 Å². The molecule has 0 aromatic carbocycles. The zero-order chi connectivity index (χ0) is 46.7. The fraction of sp³-hybridized carbons (Fsp3) is 0.948. The first kappa shape index (κ1) is 62.4. The average Bonchev–Trinajstić information content (AvgIpc) is 3.29. The van der Waals surface area contributed by atoms with Crippen molar-refractivity contribution in [3.63, 3.8) is 0 Å². The summed E-state index contributed by atoms with van der Waals surface area (Å²) in [5, 5.41) is 0. The SMILES string of the molecule is CCCCCCCCCCCCCCCCC(=O)OC[C@H](COC(=O)CCCCCCCCCCCC)OC(=O)CCCCCCCCCCCCCCCCCCCCC(C)CC. The third-order valence-electron chi connectivity index (χ3n) is 13.7. The predicted octanol–water partition coefficient (Wildman–Crippen LogP) is 19.0. The van der Waals surface area contributed by atoms with Crippen molar-refractivity contribution in [2.24, 2.45) is 5.92 Å². The third-order valence-corrected chi connectivity index (χ3v) is 13.7. The van der Waals surface area contributed by atoms with E-state index in [0.29, 0.717) is 19.3 Å². The summed E-state index contributed by atoms with van der Waals surface area (Å²) in [7, 11) is 0. The van der Waals surface area contributed by atoms with Crippen LogP contribution in [-0.4, -0.2) is 37.2 Å². The fourth-order valence-corrected chi connectivity index (χ4v) is 8.89. The molecule has 64 heavy (non-hydrogen) atoms. The highest BCUT2D eigenvalue weighted by Gasteiger charge is 2.19. The van der Waals surface area contributed by atoms with Crippen molar-refractivity contribution in [3.8, 4) is 0 Å². The van der Waals surface area contributed by atoms with Crippen LogP contribution < -0.4 is 0 Å². The highest BCUT2D eigenvalue weighted by molar-refractivity contribution is 5.71. The Balaban J connectivity index is 4.20. The zero-order valence-electron chi connectivity index (χ0n) is 43.8. The van der Waals surface area contributed by atoms with E-state index in [1.165, 1.54) is 225 Å². The lowest BCUT2D eigenvalue weighted by molar-refractivity contribution is -0.167. The van der Waals surface area contributed by atoms with Crippen molar-refractivity contribution in [2.45, 2.75) is 336 Å². The van der Waals surface area contributed by atoms with Crippen molar-refractivity contribution >= 4 is 17.9 Å². The molecule has 0 aliphatic carbocycles. The number of unbranched alkanes of at least 4 members (excludes halogenated alkanes) is 39. The van der Waals surface area contributed by atoms with Crippen molar-refractivity contribution in [2.75, 3.05) is 13.2 Å². The molecule has 380 valence electrons. The molecule has 0 amide bonds. The van der Waals surface area contributed by atoms with E-state index in [2.05, 4.69) is 27.7 Å². The first-order chi connectivity index (χ1) is 31.4. The molecule has 6 nitrogen and oxygen atoms in total. The van der Waals surface area contributed by atoms with Gasteiger partial charge in [0, 0.05) is 19.3 Å². The van der Waals surface area contributed by atoms with E-state index >= 15 is 0 Å². The lowest BCUT2D eigenvalue weighted by atomic mass is 9.99. The molecule has 0 saturated carbocycles. The van der Waals surface area contributed by atoms with Crippen LogP contribution in [0, 0.1) is 5.92 Å². The summed E-state index contributed by atoms with van der Waals surface area (Å²) in [4.78, 5) is 38.0. The second kappa shape index (κ2) is 52.4. The molecule has 0 saturated heterocycles. The van der Waals surface area contributed by atoms with Crippen LogP contribution in [0.2, 0.25) is 0 Å². The fourth-order valence-electron chi connectivity index (χ4n) is 8.89. The molecule has 0 fully saturated rings. The van der Waals surface area contributed by atoms with Crippen molar-refractivity contribution in [1.82, 2.24) is 0 Å². The van der Waals surface area contributed by atoms with E-state index in [1.807, 2.05) is 0 Å². The molecule has 0 aliphatic rings. The monoisotopic (exact) mass is 905 g/mol. The maximum absolute atomic E-state index is 12.8. The van der Waals surface area contributed by atoms with Gasteiger partial charge in [-0.25, -0.2) is 0 Å². The van der Waals surface area contributed by atoms with Crippen LogP contribution >= 0.6 is 0 Å². The molecule has 0 N–H and O–H groups in total. The van der Waals surface area contributed by atoms with Gasteiger partial charge in [0.1, 0.15) is 13.2 Å². The lowest BCUT2D eigenvalue weighted by Crippen LogP contribution is -2.30. The molecule has 6 heteroatoms. The number of carbonyl (C=O) groups excluding carboxylic acids is 3. The van der Waals surface area contributed by atoms with Crippen molar-refractivity contribution in [3.05, 3.63) is 0 Å². The molecule has 0 rings (SSSR count). The molecular formula is C58H112O6. The maximum atomic E-state index is 12.8. The van der Waals surface area contributed by atoms with Crippen molar-refractivity contribution in [1.29, 1.82) is 0 Å². The molecule has 0 radical (unpaired) electrons. The van der Waals surface area contributed by atoms with Gasteiger partial charge < -0.3 is 14.2 Å². The normalized spacial score (nSPS) is 12.4. The van der Waals surface area contributed by atoms with Crippen molar-refractivity contribution < 1.29 is 28.6 Å². The quantitative estimate of drug-likeness (QED) is 0.0344. The predicted molar refractivity (Wildman–Crippen MR) is 275 cm³/mol. The van der Waals surface area contributed by atoms with Gasteiger partial charge in [0.05, 0.1) is 0 Å². The summed E-state index contributed by atoms with van der Waals surface area (Å²) in [5.74, 6) is 0.0713. The van der Waals surface area contributed by atoms with Crippen LogP contribution in [0.15, 0.2) is 0 Å². The van der Waals surface area contributed by atoms with E-state index in [4.69, 9.17) is 14.2 Å². The molecule has 0 heterocycles. The van der Waals surface area contributed by atoms with Gasteiger partial charge in [-0.05, 0) is 25.2 Å². The summed E-state index contributed by atoms with van der Waals surface area (Å²) >= 11 is 0. The van der Waals surface area contributed by atoms with Gasteiger partial charge in [-0.2, -0.15) is 0 Å². The van der Waals surface area contributed by atoms with E-state index < -0.39 is 6.10 Å². The lowest BCUT2D eigenvalue weighted by Gasteiger charge is -2.18. The van der Waals surface area contributed by atoms with Crippen LogP contribution in [0.1, 0.15) is 329 Å². The molecule has 0 aliphatic heterocycles. The largest absolute Gasteiger partial charge is 0.462 e. The Morgan fingerprint density at radius 2 is 0.547 bits per heavy atom. The number of esters is 3. The number of hydrogen-bond acceptors (Lipinski definition) is 6. The maximum Gasteiger partial charge on any atom is 0.306 e. The Hall–Kier alpha value is -1.59. The van der Waals surface area contributed by atoms with Crippen LogP contribution in [0.25, 0.3) is 0 Å². The highest BCUT2D eigenvalue weighted by atomic mass is 16.6. The third kappa shape index (κ3) is 49.8. The van der Waals surface area contributed by atoms with E-state index in [-0.39, 0.29) is 31.1 Å². The summed E-state index contributed by atoms with van der Waals surface area (Å²) in [6.07, 6.45) is 56.6. The molecule has 0 bridgehead atoms. The Labute approximate surface area is 399 Å². The molecule has 2 atom stereocenters. The van der Waals surface area contributed by atoms with Gasteiger partial charge in [-0.1, -0.05) is 291 Å². The molecule has 1 unspecified atom stereocenters. The minimum atomic E-state index is -0.761. The Kier molecular flexibility index (Phi) is 51.1. The van der Waals surface area contributed by atoms with Gasteiger partial charge in [-0.3, -0.25) is 14.4 Å². The first-order valence-corrected chi connectivity index (χ1v) is 28.9. The summed E-state index contributed by atoms with van der Waals surface area (Å²) in [6, 6.07) is 0. The van der Waals surface area contributed by atoms with Gasteiger partial charge in [0.25, 0.3) is 0 Å². The second-order valence-corrected chi connectivity index (χ2v) is 20.2. The summed E-state index contributed by atoms with van der Waals surface area (Å²) < 4.78 is 16.9. The Morgan fingerprint density at radius 1 is 0.312 bits per heavy atom. The average molecular weight is 906 g/mol. The molecule has 0 spiro atoms. The van der Waals surface area contributed by atoms with Gasteiger partial charge in [-0.15, -0.1) is 0 Å². The zero-order valence-corrected chi connectivity index (χ0v) is 43.8. The number of carbonyl (C=O) groups is 3. The van der Waals surface area contributed by atoms with Gasteiger partial charge in [0.15, 0.2) is 6.10 Å². The van der Waals surface area contributed by atoms with Crippen LogP contribution in [0.3, 0.4) is 0 Å². The van der Waals surface area contributed by atoms with Crippen LogP contribution in [-0.2, 0) is 28.6 Å². The van der Waals surface area contributed by atoms with Gasteiger partial charge >= 0.3 is 17.9 Å². The smallest absolute Gasteiger partial charge is 0.306 e. The summed E-state index contributed by atoms with van der Waals surface area (Å²) in [6.45, 7) is 9.09. The molecule has 0 aromatic heterocycles. The van der Waals surface area contributed by atoms with Crippen LogP contribution in [0.4, 0.5) is 0 Å². The summed E-state index contributed by atoms with van der Waals surface area (Å²) in [5.41, 5.74) is 0. The number of hydrogen-bond donors (Lipinski definition) is 0. The highest BCUT2D eigenvalue weighted by Crippen LogP contribution is 2.18. The Bertz CT molecular complexity index is 966. The number of rotatable bonds is 53. The molecule has 0 aromatic rings.